The van der Waals surface area contributed by atoms with Gasteiger partial charge in [0.05, 0.1) is 12.1 Å². The van der Waals surface area contributed by atoms with E-state index in [0.29, 0.717) is 23.5 Å². The summed E-state index contributed by atoms with van der Waals surface area (Å²) in [6.45, 7) is 18.6. The van der Waals surface area contributed by atoms with E-state index in [4.69, 9.17) is 10.5 Å². The number of benzene rings is 1. The molecule has 1 saturated heterocycles. The van der Waals surface area contributed by atoms with Crippen molar-refractivity contribution in [2.24, 2.45) is 0 Å². The Balaban J connectivity index is 0.000000305. The third kappa shape index (κ3) is 14.4. The maximum absolute atomic E-state index is 11.7. The maximum atomic E-state index is 11.7. The van der Waals surface area contributed by atoms with Gasteiger partial charge in [0.25, 0.3) is 5.56 Å². The molecule has 1 aliphatic heterocycles. The highest BCUT2D eigenvalue weighted by Gasteiger charge is 2.11. The highest BCUT2D eigenvalue weighted by Crippen LogP contribution is 2.08. The van der Waals surface area contributed by atoms with Gasteiger partial charge in [-0.05, 0) is 52.9 Å². The van der Waals surface area contributed by atoms with Crippen molar-refractivity contribution in [3.8, 4) is 0 Å². The second-order valence-corrected chi connectivity index (χ2v) is 10.00. The minimum absolute atomic E-state index is 0.132. The minimum Gasteiger partial charge on any atom is -0.386 e. The normalized spacial score (nSPS) is 13.9. The van der Waals surface area contributed by atoms with Crippen LogP contribution in [0.5, 0.6) is 0 Å². The molecule has 0 radical (unpaired) electrons. The molecule has 3 heterocycles. The number of aliphatic hydroxyl groups is 1. The smallest absolute Gasteiger partial charge is 0.277 e. The Labute approximate surface area is 244 Å². The number of likely N-dealkylation sites (N-methyl/N-ethyl adjacent to an activating group) is 1. The van der Waals surface area contributed by atoms with Crippen LogP contribution in [0.25, 0.3) is 11.0 Å². The van der Waals surface area contributed by atoms with Crippen molar-refractivity contribution in [1.29, 1.82) is 5.41 Å². The van der Waals surface area contributed by atoms with Crippen LogP contribution in [0, 0.1) is 5.41 Å². The molecule has 1 aliphatic rings. The fraction of sp³-hybridized carbons (Fsp3) is 0.419. The first kappa shape index (κ1) is 35.2. The van der Waals surface area contributed by atoms with Gasteiger partial charge in [0.2, 0.25) is 5.95 Å². The first-order valence-electron chi connectivity index (χ1n) is 13.7. The topological polar surface area (TPSA) is 126 Å². The fourth-order valence-electron chi connectivity index (χ4n) is 3.83. The number of aromatic amines is 1. The molecular weight excluding hydrogens is 516 g/mol. The lowest BCUT2D eigenvalue weighted by atomic mass is 10.1. The van der Waals surface area contributed by atoms with Gasteiger partial charge in [0.15, 0.2) is 5.65 Å². The molecule has 0 bridgehead atoms. The molecule has 0 saturated carbocycles. The maximum Gasteiger partial charge on any atom is 0.277 e. The summed E-state index contributed by atoms with van der Waals surface area (Å²) >= 11 is 0. The van der Waals surface area contributed by atoms with E-state index < -0.39 is 5.60 Å². The number of anilines is 1. The highest BCUT2D eigenvalue weighted by molar-refractivity contribution is 5.73. The van der Waals surface area contributed by atoms with Crippen LogP contribution < -0.4 is 10.9 Å². The summed E-state index contributed by atoms with van der Waals surface area (Å²) in [4.78, 5) is 24.8. The lowest BCUT2D eigenvalue weighted by molar-refractivity contribution is 0.133. The summed E-state index contributed by atoms with van der Waals surface area (Å²) in [5.41, 5.74) is 1.20. The summed E-state index contributed by atoms with van der Waals surface area (Å²) in [7, 11) is 3.94. The van der Waals surface area contributed by atoms with Crippen molar-refractivity contribution >= 4 is 23.2 Å². The molecule has 1 fully saturated rings. The monoisotopic (exact) mass is 564 g/mol. The van der Waals surface area contributed by atoms with Gasteiger partial charge < -0.3 is 20.7 Å². The SMILES string of the molecule is C/C=C/C(C)(C)O.C=CC=N.C=CCn1[nH]c2nc(NC)ncc2c1=O.CN1CCCN(Cc2ccccc2)CC1. The molecule has 41 heavy (non-hydrogen) atoms. The number of hydrogen-bond donors (Lipinski definition) is 4. The Bertz CT molecular complexity index is 1250. The molecule has 1 aromatic carbocycles. The van der Waals surface area contributed by atoms with Crippen molar-refractivity contribution in [2.75, 3.05) is 45.6 Å². The molecule has 0 atom stereocenters. The Hall–Kier alpha value is -3.86. The van der Waals surface area contributed by atoms with Crippen LogP contribution in [0.4, 0.5) is 5.95 Å². The van der Waals surface area contributed by atoms with E-state index in [1.54, 1.807) is 33.0 Å². The van der Waals surface area contributed by atoms with Crippen LogP contribution in [0.1, 0.15) is 32.8 Å². The predicted molar refractivity (Wildman–Crippen MR) is 172 cm³/mol. The number of rotatable bonds is 7. The van der Waals surface area contributed by atoms with Crippen LogP contribution in [-0.4, -0.2) is 86.7 Å². The van der Waals surface area contributed by atoms with Crippen LogP contribution in [0.3, 0.4) is 0 Å². The van der Waals surface area contributed by atoms with Gasteiger partial charge in [0, 0.05) is 39.1 Å². The molecule has 10 heteroatoms. The summed E-state index contributed by atoms with van der Waals surface area (Å²) in [6, 6.07) is 10.8. The molecule has 10 nitrogen and oxygen atoms in total. The fourth-order valence-corrected chi connectivity index (χ4v) is 3.83. The van der Waals surface area contributed by atoms with Crippen molar-refractivity contribution in [1.82, 2.24) is 29.5 Å². The predicted octanol–water partition coefficient (Wildman–Crippen LogP) is 4.33. The van der Waals surface area contributed by atoms with E-state index in [9.17, 15) is 4.79 Å². The number of H-pyrrole nitrogens is 1. The van der Waals surface area contributed by atoms with Crippen molar-refractivity contribution < 1.29 is 5.11 Å². The molecule has 0 spiro atoms. The van der Waals surface area contributed by atoms with Crippen molar-refractivity contribution in [2.45, 2.75) is 45.9 Å². The van der Waals surface area contributed by atoms with E-state index in [0.717, 1.165) is 12.8 Å². The van der Waals surface area contributed by atoms with E-state index in [2.05, 4.69) is 80.7 Å². The van der Waals surface area contributed by atoms with E-state index in [-0.39, 0.29) is 5.56 Å². The van der Waals surface area contributed by atoms with Crippen LogP contribution in [0.2, 0.25) is 0 Å². The standard InChI is InChI=1S/C13H20N2.C9H11N5O.C6H12O.C3H5N/c1-14-8-5-9-15(11-10-14)12-13-6-3-2-4-7-13;1-3-4-14-8(15)6-5-11-9(10-2)12-7(6)13-14;1-4-5-6(2,3)7;1-2-3-4/h2-4,6-7H,5,8-12H2,1H3;3,5H,1,4H2,2H3,(H2,10,11,12,13);4-5,7H,1-3H3;2-4H,1H2/b;;5-4+;. The molecule has 0 unspecified atom stereocenters. The lowest BCUT2D eigenvalue weighted by Gasteiger charge is -2.19. The third-order valence-electron chi connectivity index (χ3n) is 5.79. The largest absolute Gasteiger partial charge is 0.386 e. The van der Waals surface area contributed by atoms with Crippen LogP contribution >= 0.6 is 0 Å². The summed E-state index contributed by atoms with van der Waals surface area (Å²) in [6.07, 6.45) is 10.6. The summed E-state index contributed by atoms with van der Waals surface area (Å²) < 4.78 is 1.44. The molecule has 2 aromatic heterocycles. The molecule has 0 amide bonds. The van der Waals surface area contributed by atoms with E-state index >= 15 is 0 Å². The quantitative estimate of drug-likeness (QED) is 0.249. The average Bonchev–Trinajstić information content (AvgIpc) is 3.11. The van der Waals surface area contributed by atoms with Crippen LogP contribution in [0.15, 0.2) is 78.8 Å². The number of hydrogen-bond acceptors (Lipinski definition) is 8. The first-order chi connectivity index (χ1) is 19.6. The minimum atomic E-state index is -0.630. The molecule has 0 aliphatic carbocycles. The second kappa shape index (κ2) is 19.3. The average molecular weight is 565 g/mol. The Morgan fingerprint density at radius 1 is 1.17 bits per heavy atom. The number of fused-ring (bicyclic) bond motifs is 1. The highest BCUT2D eigenvalue weighted by atomic mass is 16.3. The molecule has 3 aromatic rings. The third-order valence-corrected chi connectivity index (χ3v) is 5.79. The van der Waals surface area contributed by atoms with Gasteiger partial charge in [0.1, 0.15) is 5.39 Å². The summed E-state index contributed by atoms with van der Waals surface area (Å²) in [5.74, 6) is 0.481. The zero-order valence-corrected chi connectivity index (χ0v) is 25.3. The van der Waals surface area contributed by atoms with Gasteiger partial charge in [-0.15, -0.1) is 6.58 Å². The van der Waals surface area contributed by atoms with Gasteiger partial charge in [-0.2, -0.15) is 4.98 Å². The van der Waals surface area contributed by atoms with E-state index in [1.807, 2.05) is 13.0 Å². The molecular formula is C31H48N8O2. The van der Waals surface area contributed by atoms with Gasteiger partial charge in [-0.3, -0.25) is 14.8 Å². The Morgan fingerprint density at radius 3 is 2.39 bits per heavy atom. The van der Waals surface area contributed by atoms with Crippen molar-refractivity contribution in [3.05, 3.63) is 89.9 Å². The van der Waals surface area contributed by atoms with Gasteiger partial charge in [-0.1, -0.05) is 61.2 Å². The second-order valence-electron chi connectivity index (χ2n) is 10.00. The number of allylic oxidation sites excluding steroid dienone is 3. The lowest BCUT2D eigenvalue weighted by Crippen LogP contribution is -2.28. The van der Waals surface area contributed by atoms with E-state index in [1.165, 1.54) is 55.1 Å². The zero-order chi connectivity index (χ0) is 30.7. The molecule has 4 N–H and O–H groups in total. The van der Waals surface area contributed by atoms with Crippen molar-refractivity contribution in [3.63, 3.8) is 0 Å². The number of nitrogens with zero attached hydrogens (tertiary/aromatic N) is 5. The van der Waals surface area contributed by atoms with Gasteiger partial charge in [-0.25, -0.2) is 9.67 Å². The Kier molecular flexibility index (Phi) is 16.5. The van der Waals surface area contributed by atoms with Crippen LogP contribution in [-0.2, 0) is 13.1 Å². The summed E-state index contributed by atoms with van der Waals surface area (Å²) in [5, 5.41) is 21.3. The molecule has 224 valence electrons. The number of aromatic nitrogens is 4. The number of nitrogens with one attached hydrogen (secondary N) is 3. The molecule has 4 rings (SSSR count). The first-order valence-corrected chi connectivity index (χ1v) is 13.7. The zero-order valence-electron chi connectivity index (χ0n) is 25.3. The Morgan fingerprint density at radius 2 is 1.85 bits per heavy atom. The van der Waals surface area contributed by atoms with Gasteiger partial charge >= 0.3 is 0 Å².